The molecule has 124 valence electrons. The van der Waals surface area contributed by atoms with Crippen LogP contribution in [0.25, 0.3) is 0 Å². The van der Waals surface area contributed by atoms with Gasteiger partial charge in [-0.25, -0.2) is 0 Å². The van der Waals surface area contributed by atoms with E-state index in [1.165, 1.54) is 0 Å². The van der Waals surface area contributed by atoms with Crippen LogP contribution in [0.15, 0.2) is 0 Å². The zero-order valence-corrected chi connectivity index (χ0v) is 16.5. The van der Waals surface area contributed by atoms with Gasteiger partial charge in [0, 0.05) is 11.8 Å². The summed E-state index contributed by atoms with van der Waals surface area (Å²) in [5, 5.41) is 10.7. The van der Waals surface area contributed by atoms with Crippen molar-refractivity contribution in [1.29, 1.82) is 0 Å². The SMILES string of the molecule is C#C[C@@H](C)[C@H](O)[C@@H](C)[C@H](O[Si](C)(C)C(C)(C)C)[C@H](C)CC. The maximum atomic E-state index is 10.5. The molecule has 0 saturated carbocycles. The molecule has 0 unspecified atom stereocenters. The Morgan fingerprint density at radius 2 is 1.67 bits per heavy atom. The molecular formula is C18H36O2Si. The van der Waals surface area contributed by atoms with Crippen molar-refractivity contribution in [3.63, 3.8) is 0 Å². The summed E-state index contributed by atoms with van der Waals surface area (Å²) < 4.78 is 6.64. The highest BCUT2D eigenvalue weighted by atomic mass is 28.4. The highest BCUT2D eigenvalue weighted by molar-refractivity contribution is 6.74. The molecule has 0 rings (SSSR count). The maximum Gasteiger partial charge on any atom is 0.192 e. The van der Waals surface area contributed by atoms with Gasteiger partial charge in [0.25, 0.3) is 0 Å². The minimum Gasteiger partial charge on any atom is -0.413 e. The molecule has 0 heterocycles. The second kappa shape index (κ2) is 7.81. The quantitative estimate of drug-likeness (QED) is 0.546. The van der Waals surface area contributed by atoms with Crippen LogP contribution in [-0.4, -0.2) is 25.6 Å². The van der Waals surface area contributed by atoms with E-state index in [-0.39, 0.29) is 23.0 Å². The van der Waals surface area contributed by atoms with Crippen molar-refractivity contribution in [2.75, 3.05) is 0 Å². The first-order valence-corrected chi connectivity index (χ1v) is 11.1. The Morgan fingerprint density at radius 1 is 1.19 bits per heavy atom. The minimum absolute atomic E-state index is 0.0418. The normalized spacial score (nSPS) is 20.2. The fraction of sp³-hybridized carbons (Fsp3) is 0.889. The van der Waals surface area contributed by atoms with Crippen LogP contribution in [0, 0.1) is 30.1 Å². The predicted molar refractivity (Wildman–Crippen MR) is 94.7 cm³/mol. The van der Waals surface area contributed by atoms with Gasteiger partial charge >= 0.3 is 0 Å². The zero-order valence-electron chi connectivity index (χ0n) is 15.5. The van der Waals surface area contributed by atoms with Crippen LogP contribution in [0.2, 0.25) is 18.1 Å². The third-order valence-electron chi connectivity index (χ3n) is 5.27. The first kappa shape index (κ1) is 20.7. The van der Waals surface area contributed by atoms with E-state index >= 15 is 0 Å². The Hall–Kier alpha value is -0.303. The smallest absolute Gasteiger partial charge is 0.192 e. The van der Waals surface area contributed by atoms with Gasteiger partial charge in [0.05, 0.1) is 12.2 Å². The van der Waals surface area contributed by atoms with Crippen LogP contribution in [0.4, 0.5) is 0 Å². The zero-order chi connectivity index (χ0) is 17.0. The number of hydrogen-bond donors (Lipinski definition) is 1. The molecule has 5 atom stereocenters. The first-order chi connectivity index (χ1) is 9.39. The van der Waals surface area contributed by atoms with Crippen molar-refractivity contribution < 1.29 is 9.53 Å². The minimum atomic E-state index is -1.86. The molecule has 0 aromatic heterocycles. The van der Waals surface area contributed by atoms with Gasteiger partial charge in [-0.15, -0.1) is 12.3 Å². The molecule has 0 aliphatic heterocycles. The van der Waals surface area contributed by atoms with Crippen molar-refractivity contribution >= 4 is 8.32 Å². The van der Waals surface area contributed by atoms with Crippen LogP contribution in [0.5, 0.6) is 0 Å². The number of aliphatic hydroxyl groups excluding tert-OH is 1. The van der Waals surface area contributed by atoms with E-state index in [1.54, 1.807) is 0 Å². The monoisotopic (exact) mass is 312 g/mol. The average Bonchev–Trinajstić information content (AvgIpc) is 2.40. The van der Waals surface area contributed by atoms with E-state index in [2.05, 4.69) is 60.6 Å². The van der Waals surface area contributed by atoms with Crippen LogP contribution in [0.3, 0.4) is 0 Å². The van der Waals surface area contributed by atoms with Crippen molar-refractivity contribution in [3.8, 4) is 12.3 Å². The highest BCUT2D eigenvalue weighted by Gasteiger charge is 2.42. The van der Waals surface area contributed by atoms with E-state index in [0.29, 0.717) is 5.92 Å². The maximum absolute atomic E-state index is 10.5. The van der Waals surface area contributed by atoms with Crippen molar-refractivity contribution in [1.82, 2.24) is 0 Å². The van der Waals surface area contributed by atoms with Gasteiger partial charge in [-0.1, -0.05) is 48.0 Å². The molecule has 21 heavy (non-hydrogen) atoms. The topological polar surface area (TPSA) is 29.5 Å². The summed E-state index contributed by atoms with van der Waals surface area (Å²) in [6.07, 6.45) is 6.06. The second-order valence-electron chi connectivity index (χ2n) is 8.03. The molecule has 0 radical (unpaired) electrons. The molecule has 0 amide bonds. The molecule has 0 aliphatic rings. The lowest BCUT2D eigenvalue weighted by Gasteiger charge is -2.44. The van der Waals surface area contributed by atoms with Crippen LogP contribution < -0.4 is 0 Å². The lowest BCUT2D eigenvalue weighted by atomic mass is 9.84. The number of aliphatic hydroxyl groups is 1. The van der Waals surface area contributed by atoms with Crippen LogP contribution >= 0.6 is 0 Å². The summed E-state index contributed by atoms with van der Waals surface area (Å²) in [6.45, 7) is 19.6. The molecule has 1 N–H and O–H groups in total. The molecule has 0 spiro atoms. The third kappa shape index (κ3) is 5.43. The standard InChI is InChI=1S/C18H36O2Si/c1-11-13(3)16(19)15(5)17(14(4)12-2)20-21(9,10)18(6,7)8/h1,13-17,19H,12H2,2-10H3/t13-,14-,15-,16+,17-/m1/s1. The second-order valence-corrected chi connectivity index (χ2v) is 12.8. The molecule has 0 aromatic rings. The number of hydrogen-bond acceptors (Lipinski definition) is 2. The highest BCUT2D eigenvalue weighted by Crippen LogP contribution is 2.40. The molecular weight excluding hydrogens is 276 g/mol. The van der Waals surface area contributed by atoms with Crippen LogP contribution in [0.1, 0.15) is 54.9 Å². The summed E-state index contributed by atoms with van der Waals surface area (Å²) in [7, 11) is -1.86. The number of rotatable bonds is 7. The summed E-state index contributed by atoms with van der Waals surface area (Å²) in [5.41, 5.74) is 0. The van der Waals surface area contributed by atoms with Crippen molar-refractivity contribution in [3.05, 3.63) is 0 Å². The van der Waals surface area contributed by atoms with E-state index in [4.69, 9.17) is 10.8 Å². The van der Waals surface area contributed by atoms with Crippen molar-refractivity contribution in [2.24, 2.45) is 17.8 Å². The summed E-state index contributed by atoms with van der Waals surface area (Å²) in [4.78, 5) is 0. The van der Waals surface area contributed by atoms with E-state index < -0.39 is 14.4 Å². The van der Waals surface area contributed by atoms with Crippen LogP contribution in [-0.2, 0) is 4.43 Å². The van der Waals surface area contributed by atoms with Gasteiger partial charge in [-0.2, -0.15) is 0 Å². The Morgan fingerprint density at radius 3 is 2.00 bits per heavy atom. The Kier molecular flexibility index (Phi) is 7.69. The summed E-state index contributed by atoms with van der Waals surface area (Å²) in [6, 6.07) is 0. The molecule has 0 bridgehead atoms. The van der Waals surface area contributed by atoms with E-state index in [9.17, 15) is 5.11 Å². The lowest BCUT2D eigenvalue weighted by molar-refractivity contribution is -0.0125. The Labute approximate surface area is 133 Å². The largest absolute Gasteiger partial charge is 0.413 e. The van der Waals surface area contributed by atoms with E-state index in [1.807, 2.05) is 6.92 Å². The lowest BCUT2D eigenvalue weighted by Crippen LogP contribution is -2.49. The van der Waals surface area contributed by atoms with Gasteiger partial charge in [0.2, 0.25) is 0 Å². The fourth-order valence-corrected chi connectivity index (χ4v) is 3.72. The third-order valence-corrected chi connectivity index (χ3v) is 9.75. The van der Waals surface area contributed by atoms with Gasteiger partial charge < -0.3 is 9.53 Å². The van der Waals surface area contributed by atoms with E-state index in [0.717, 1.165) is 6.42 Å². The average molecular weight is 313 g/mol. The van der Waals surface area contributed by atoms with Gasteiger partial charge in [-0.05, 0) is 31.0 Å². The Balaban J connectivity index is 5.29. The van der Waals surface area contributed by atoms with Gasteiger partial charge in [-0.3, -0.25) is 0 Å². The summed E-state index contributed by atoms with van der Waals surface area (Å²) in [5.74, 6) is 2.97. The fourth-order valence-electron chi connectivity index (χ4n) is 2.24. The van der Waals surface area contributed by atoms with Gasteiger partial charge in [0.15, 0.2) is 8.32 Å². The molecule has 0 aliphatic carbocycles. The molecule has 3 heteroatoms. The first-order valence-electron chi connectivity index (χ1n) is 8.21. The predicted octanol–water partition coefficient (Wildman–Crippen LogP) is 4.69. The molecule has 0 aromatic carbocycles. The van der Waals surface area contributed by atoms with Gasteiger partial charge in [0.1, 0.15) is 0 Å². The molecule has 0 fully saturated rings. The number of terminal acetylenes is 1. The molecule has 2 nitrogen and oxygen atoms in total. The summed E-state index contributed by atoms with van der Waals surface area (Å²) >= 11 is 0. The Bertz CT molecular complexity index is 351. The van der Waals surface area contributed by atoms with Crippen molar-refractivity contribution in [2.45, 2.75) is 85.2 Å². The molecule has 0 saturated heterocycles.